The minimum atomic E-state index is -0.777. The highest BCUT2D eigenvalue weighted by molar-refractivity contribution is 4.88. The molecular formula is C29H56FNO. The van der Waals surface area contributed by atoms with E-state index in [4.69, 9.17) is 4.74 Å². The highest BCUT2D eigenvalue weighted by atomic mass is 19.1. The second-order valence-corrected chi connectivity index (χ2v) is 11.0. The average molecular weight is 454 g/mol. The van der Waals surface area contributed by atoms with Crippen molar-refractivity contribution in [1.29, 1.82) is 0 Å². The Labute approximate surface area is 200 Å². The summed E-state index contributed by atoms with van der Waals surface area (Å²) in [5.41, 5.74) is 0. The molecule has 32 heavy (non-hydrogen) atoms. The van der Waals surface area contributed by atoms with Gasteiger partial charge in [-0.25, -0.2) is 4.39 Å². The van der Waals surface area contributed by atoms with Crippen LogP contribution in [0.2, 0.25) is 0 Å². The second-order valence-electron chi connectivity index (χ2n) is 11.0. The maximum atomic E-state index is 14.8. The maximum Gasteiger partial charge on any atom is 0.154 e. The standard InChI is InChI=1S/C29H56FNO/c1-3-5-7-9-11-12-14-16-24-32-27-21-18-25(19-22-27)28-23-20-26(29(30)31-28)17-15-13-10-8-6-4-2/h25-29,31H,3-24H2,1-2H3. The molecule has 0 spiro atoms. The van der Waals surface area contributed by atoms with E-state index in [1.54, 1.807) is 0 Å². The molecule has 3 heteroatoms. The third-order valence-corrected chi connectivity index (χ3v) is 8.20. The summed E-state index contributed by atoms with van der Waals surface area (Å²) in [4.78, 5) is 0. The number of hydrogen-bond acceptors (Lipinski definition) is 2. The molecule has 1 saturated carbocycles. The van der Waals surface area contributed by atoms with Crippen molar-refractivity contribution in [2.75, 3.05) is 6.61 Å². The van der Waals surface area contributed by atoms with Gasteiger partial charge in [0.25, 0.3) is 0 Å². The fourth-order valence-electron chi connectivity index (χ4n) is 5.96. The number of unbranched alkanes of at least 4 members (excludes halogenated alkanes) is 12. The molecule has 0 radical (unpaired) electrons. The van der Waals surface area contributed by atoms with Crippen molar-refractivity contribution in [3.8, 4) is 0 Å². The second kappa shape index (κ2) is 18.2. The van der Waals surface area contributed by atoms with Gasteiger partial charge in [-0.05, 0) is 57.3 Å². The molecule has 1 aliphatic heterocycles. The lowest BCUT2D eigenvalue weighted by molar-refractivity contribution is 0.00296. The van der Waals surface area contributed by atoms with Crippen molar-refractivity contribution in [3.63, 3.8) is 0 Å². The van der Waals surface area contributed by atoms with E-state index in [-0.39, 0.29) is 5.92 Å². The molecule has 1 saturated heterocycles. The largest absolute Gasteiger partial charge is 0.378 e. The van der Waals surface area contributed by atoms with Crippen LogP contribution in [0.25, 0.3) is 0 Å². The van der Waals surface area contributed by atoms with E-state index in [1.807, 2.05) is 0 Å². The van der Waals surface area contributed by atoms with Crippen LogP contribution in [0.3, 0.4) is 0 Å². The lowest BCUT2D eigenvalue weighted by Crippen LogP contribution is -2.49. The van der Waals surface area contributed by atoms with Gasteiger partial charge in [0.15, 0.2) is 6.30 Å². The first-order valence-electron chi connectivity index (χ1n) is 14.8. The molecule has 1 heterocycles. The number of hydrogen-bond donors (Lipinski definition) is 1. The van der Waals surface area contributed by atoms with E-state index in [0.29, 0.717) is 18.1 Å². The van der Waals surface area contributed by atoms with Crippen molar-refractivity contribution in [2.24, 2.45) is 11.8 Å². The summed E-state index contributed by atoms with van der Waals surface area (Å²) in [5.74, 6) is 0.912. The van der Waals surface area contributed by atoms with Crippen molar-refractivity contribution >= 4 is 0 Å². The molecule has 2 aliphatic rings. The van der Waals surface area contributed by atoms with Crippen molar-refractivity contribution in [1.82, 2.24) is 5.32 Å². The van der Waals surface area contributed by atoms with Crippen LogP contribution in [0.4, 0.5) is 4.39 Å². The molecule has 0 amide bonds. The third kappa shape index (κ3) is 11.8. The SMILES string of the molecule is CCCCCCCCCCOC1CCC(C2CCC(CCCCCCCC)C(F)N2)CC1. The van der Waals surface area contributed by atoms with Crippen LogP contribution in [0.15, 0.2) is 0 Å². The van der Waals surface area contributed by atoms with Crippen molar-refractivity contribution in [2.45, 2.75) is 167 Å². The van der Waals surface area contributed by atoms with Gasteiger partial charge in [-0.3, -0.25) is 5.32 Å². The van der Waals surface area contributed by atoms with Gasteiger partial charge in [-0.1, -0.05) is 97.3 Å². The van der Waals surface area contributed by atoms with Crippen molar-refractivity contribution in [3.05, 3.63) is 0 Å². The Hall–Kier alpha value is -0.150. The third-order valence-electron chi connectivity index (χ3n) is 8.20. The average Bonchev–Trinajstić information content (AvgIpc) is 2.81. The quantitative estimate of drug-likeness (QED) is 0.165. The van der Waals surface area contributed by atoms with Crippen LogP contribution in [0.1, 0.15) is 149 Å². The number of nitrogens with one attached hydrogen (secondary N) is 1. The normalized spacial score (nSPS) is 28.8. The van der Waals surface area contributed by atoms with E-state index < -0.39 is 6.30 Å². The molecular weight excluding hydrogens is 397 g/mol. The van der Waals surface area contributed by atoms with Crippen LogP contribution in [0.5, 0.6) is 0 Å². The maximum absolute atomic E-state index is 14.8. The zero-order valence-electron chi connectivity index (χ0n) is 21.7. The molecule has 0 aromatic rings. The van der Waals surface area contributed by atoms with E-state index in [0.717, 1.165) is 19.4 Å². The Balaban J connectivity index is 1.47. The zero-order valence-corrected chi connectivity index (χ0v) is 21.7. The number of halogens is 1. The van der Waals surface area contributed by atoms with Crippen molar-refractivity contribution < 1.29 is 9.13 Å². The molecule has 2 fully saturated rings. The molecule has 2 rings (SSSR count). The van der Waals surface area contributed by atoms with Crippen LogP contribution in [-0.4, -0.2) is 25.0 Å². The fourth-order valence-corrected chi connectivity index (χ4v) is 5.96. The molecule has 0 aromatic carbocycles. The molecule has 3 unspecified atom stereocenters. The van der Waals surface area contributed by atoms with Gasteiger partial charge >= 0.3 is 0 Å². The van der Waals surface area contributed by atoms with Crippen LogP contribution < -0.4 is 5.32 Å². The number of rotatable bonds is 18. The molecule has 1 N–H and O–H groups in total. The molecule has 190 valence electrons. The van der Waals surface area contributed by atoms with Crippen LogP contribution in [0, 0.1) is 11.8 Å². The van der Waals surface area contributed by atoms with E-state index in [1.165, 1.54) is 122 Å². The summed E-state index contributed by atoms with van der Waals surface area (Å²) in [6.45, 7) is 5.48. The summed E-state index contributed by atoms with van der Waals surface area (Å²) >= 11 is 0. The van der Waals surface area contributed by atoms with Gasteiger partial charge in [0, 0.05) is 18.6 Å². The van der Waals surface area contributed by atoms with Gasteiger partial charge in [0.2, 0.25) is 0 Å². The van der Waals surface area contributed by atoms with Gasteiger partial charge in [0.05, 0.1) is 6.10 Å². The Kier molecular flexibility index (Phi) is 16.0. The van der Waals surface area contributed by atoms with Crippen LogP contribution >= 0.6 is 0 Å². The highest BCUT2D eigenvalue weighted by Gasteiger charge is 2.35. The Morgan fingerprint density at radius 3 is 1.81 bits per heavy atom. The fraction of sp³-hybridized carbons (Fsp3) is 1.00. The number of ether oxygens (including phenoxy) is 1. The first kappa shape index (κ1) is 28.1. The minimum absolute atomic E-state index is 0.253. The zero-order chi connectivity index (χ0) is 22.9. The molecule has 0 aromatic heterocycles. The van der Waals surface area contributed by atoms with Crippen LogP contribution in [-0.2, 0) is 4.74 Å². The van der Waals surface area contributed by atoms with Gasteiger partial charge in [0.1, 0.15) is 0 Å². The number of alkyl halides is 1. The summed E-state index contributed by atoms with van der Waals surface area (Å²) in [5, 5.41) is 3.39. The van der Waals surface area contributed by atoms with Gasteiger partial charge in [-0.15, -0.1) is 0 Å². The Bertz CT molecular complexity index is 423. The Morgan fingerprint density at radius 1 is 0.656 bits per heavy atom. The predicted molar refractivity (Wildman–Crippen MR) is 137 cm³/mol. The van der Waals surface area contributed by atoms with Gasteiger partial charge in [-0.2, -0.15) is 0 Å². The highest BCUT2D eigenvalue weighted by Crippen LogP contribution is 2.35. The predicted octanol–water partition coefficient (Wildman–Crippen LogP) is 9.12. The monoisotopic (exact) mass is 453 g/mol. The smallest absolute Gasteiger partial charge is 0.154 e. The Morgan fingerprint density at radius 2 is 1.22 bits per heavy atom. The molecule has 3 atom stereocenters. The first-order valence-corrected chi connectivity index (χ1v) is 14.8. The van der Waals surface area contributed by atoms with E-state index >= 15 is 0 Å². The van der Waals surface area contributed by atoms with Gasteiger partial charge < -0.3 is 4.74 Å². The number of piperidine rings is 1. The molecule has 0 bridgehead atoms. The molecule has 2 nitrogen and oxygen atoms in total. The summed E-state index contributed by atoms with van der Waals surface area (Å²) in [7, 11) is 0. The summed E-state index contributed by atoms with van der Waals surface area (Å²) in [6.07, 6.45) is 26.5. The molecule has 1 aliphatic carbocycles. The lowest BCUT2D eigenvalue weighted by atomic mass is 9.77. The minimum Gasteiger partial charge on any atom is -0.378 e. The van der Waals surface area contributed by atoms with E-state index in [9.17, 15) is 4.39 Å². The summed E-state index contributed by atoms with van der Waals surface area (Å²) in [6, 6.07) is 0.402. The summed E-state index contributed by atoms with van der Waals surface area (Å²) < 4.78 is 21.0. The van der Waals surface area contributed by atoms with E-state index in [2.05, 4.69) is 19.2 Å². The first-order chi connectivity index (χ1) is 15.7. The topological polar surface area (TPSA) is 21.3 Å². The lowest BCUT2D eigenvalue weighted by Gasteiger charge is -2.40.